The Kier molecular flexibility index (Phi) is 4.16. The highest BCUT2D eigenvalue weighted by Gasteiger charge is 1.98. The fourth-order valence-corrected chi connectivity index (χ4v) is 1.96. The van der Waals surface area contributed by atoms with E-state index in [2.05, 4.69) is 4.99 Å². The molecule has 0 saturated heterocycles. The zero-order valence-corrected chi connectivity index (χ0v) is 11.9. The molecule has 22 heavy (non-hydrogen) atoms. The number of hydrogen-bond donors (Lipinski definition) is 1. The standard InChI is InChI=1S/C19H15NO2/c21-19-9-5-4-8-18(19)20-14-15-10-12-17(13-11-15)22-16-6-2-1-3-7-16/h1-14,21H. The smallest absolute Gasteiger partial charge is 0.141 e. The zero-order chi connectivity index (χ0) is 15.2. The number of benzene rings is 3. The first-order valence-electron chi connectivity index (χ1n) is 6.96. The molecule has 0 bridgehead atoms. The summed E-state index contributed by atoms with van der Waals surface area (Å²) in [4.78, 5) is 4.27. The van der Waals surface area contributed by atoms with E-state index in [1.807, 2.05) is 60.7 Å². The van der Waals surface area contributed by atoms with Gasteiger partial charge in [0.2, 0.25) is 0 Å². The first-order valence-corrected chi connectivity index (χ1v) is 6.96. The predicted octanol–water partition coefficient (Wildman–Crippen LogP) is 4.94. The van der Waals surface area contributed by atoms with Crippen LogP contribution in [0.3, 0.4) is 0 Å². The summed E-state index contributed by atoms with van der Waals surface area (Å²) in [5.41, 5.74) is 1.48. The number of nitrogens with zero attached hydrogens (tertiary/aromatic N) is 1. The largest absolute Gasteiger partial charge is 0.506 e. The third-order valence-electron chi connectivity index (χ3n) is 3.09. The van der Waals surface area contributed by atoms with Gasteiger partial charge in [0.1, 0.15) is 22.9 Å². The Balaban J connectivity index is 1.71. The first kappa shape index (κ1) is 13.9. The minimum Gasteiger partial charge on any atom is -0.506 e. The fourth-order valence-electron chi connectivity index (χ4n) is 1.96. The molecular weight excluding hydrogens is 274 g/mol. The highest BCUT2D eigenvalue weighted by atomic mass is 16.5. The Morgan fingerprint density at radius 3 is 2.09 bits per heavy atom. The maximum absolute atomic E-state index is 9.66. The van der Waals surface area contributed by atoms with E-state index < -0.39 is 0 Å². The molecule has 0 amide bonds. The van der Waals surface area contributed by atoms with Crippen LogP contribution in [-0.4, -0.2) is 11.3 Å². The Hall–Kier alpha value is -3.07. The molecule has 0 fully saturated rings. The molecule has 0 radical (unpaired) electrons. The molecule has 0 unspecified atom stereocenters. The quantitative estimate of drug-likeness (QED) is 0.691. The fraction of sp³-hybridized carbons (Fsp3) is 0. The van der Waals surface area contributed by atoms with E-state index in [1.54, 1.807) is 24.4 Å². The lowest BCUT2D eigenvalue weighted by Gasteiger charge is -2.05. The van der Waals surface area contributed by atoms with Crippen LogP contribution in [0.1, 0.15) is 5.56 Å². The average Bonchev–Trinajstić information content (AvgIpc) is 2.56. The summed E-state index contributed by atoms with van der Waals surface area (Å²) >= 11 is 0. The van der Waals surface area contributed by atoms with Crippen LogP contribution in [0.2, 0.25) is 0 Å². The summed E-state index contributed by atoms with van der Waals surface area (Å²) in [6.45, 7) is 0. The summed E-state index contributed by atoms with van der Waals surface area (Å²) in [6.07, 6.45) is 1.71. The second-order valence-electron chi connectivity index (χ2n) is 4.73. The minimum atomic E-state index is 0.169. The van der Waals surface area contributed by atoms with Gasteiger partial charge in [-0.2, -0.15) is 0 Å². The van der Waals surface area contributed by atoms with Crippen molar-refractivity contribution in [3.8, 4) is 17.2 Å². The lowest BCUT2D eigenvalue weighted by molar-refractivity contribution is 0.477. The van der Waals surface area contributed by atoms with Crippen LogP contribution >= 0.6 is 0 Å². The van der Waals surface area contributed by atoms with E-state index >= 15 is 0 Å². The molecule has 3 nitrogen and oxygen atoms in total. The number of hydrogen-bond acceptors (Lipinski definition) is 3. The summed E-state index contributed by atoms with van der Waals surface area (Å²) in [5.74, 6) is 1.74. The molecule has 0 spiro atoms. The van der Waals surface area contributed by atoms with Gasteiger partial charge in [-0.1, -0.05) is 30.3 Å². The molecule has 0 saturated carbocycles. The van der Waals surface area contributed by atoms with Crippen molar-refractivity contribution in [2.24, 2.45) is 4.99 Å². The number of ether oxygens (including phenoxy) is 1. The second kappa shape index (κ2) is 6.59. The Morgan fingerprint density at radius 2 is 1.36 bits per heavy atom. The van der Waals surface area contributed by atoms with Gasteiger partial charge in [0.05, 0.1) is 0 Å². The molecule has 0 aliphatic rings. The molecule has 3 aromatic carbocycles. The molecular formula is C19H15NO2. The molecule has 0 aliphatic heterocycles. The summed E-state index contributed by atoms with van der Waals surface area (Å²) in [7, 11) is 0. The first-order chi connectivity index (χ1) is 10.8. The van der Waals surface area contributed by atoms with Crippen molar-refractivity contribution in [3.63, 3.8) is 0 Å². The molecule has 3 rings (SSSR count). The maximum atomic E-state index is 9.66. The molecule has 0 heterocycles. The zero-order valence-electron chi connectivity index (χ0n) is 11.9. The van der Waals surface area contributed by atoms with Crippen LogP contribution in [0.15, 0.2) is 83.9 Å². The van der Waals surface area contributed by atoms with E-state index in [9.17, 15) is 5.11 Å². The average molecular weight is 289 g/mol. The van der Waals surface area contributed by atoms with Gasteiger partial charge in [-0.05, 0) is 54.1 Å². The van der Waals surface area contributed by atoms with Gasteiger partial charge in [-0.15, -0.1) is 0 Å². The van der Waals surface area contributed by atoms with Gasteiger partial charge in [0.25, 0.3) is 0 Å². The summed E-state index contributed by atoms with van der Waals surface area (Å²) in [6, 6.07) is 24.2. The van der Waals surface area contributed by atoms with E-state index in [0.29, 0.717) is 5.69 Å². The van der Waals surface area contributed by atoms with Gasteiger partial charge < -0.3 is 9.84 Å². The normalized spacial score (nSPS) is 10.7. The number of phenols is 1. The maximum Gasteiger partial charge on any atom is 0.141 e. The van der Waals surface area contributed by atoms with Crippen molar-refractivity contribution < 1.29 is 9.84 Å². The lowest BCUT2D eigenvalue weighted by Crippen LogP contribution is -1.85. The van der Waals surface area contributed by atoms with Crippen molar-refractivity contribution in [1.29, 1.82) is 0 Å². The van der Waals surface area contributed by atoms with Crippen LogP contribution in [0, 0.1) is 0 Å². The lowest BCUT2D eigenvalue weighted by atomic mass is 10.2. The summed E-state index contributed by atoms with van der Waals surface area (Å²) < 4.78 is 5.73. The van der Waals surface area contributed by atoms with Crippen molar-refractivity contribution >= 4 is 11.9 Å². The van der Waals surface area contributed by atoms with E-state index in [4.69, 9.17) is 4.74 Å². The van der Waals surface area contributed by atoms with Crippen LogP contribution in [0.5, 0.6) is 17.2 Å². The van der Waals surface area contributed by atoms with Gasteiger partial charge in [-0.3, -0.25) is 4.99 Å². The van der Waals surface area contributed by atoms with Crippen LogP contribution < -0.4 is 4.74 Å². The summed E-state index contributed by atoms with van der Waals surface area (Å²) in [5, 5.41) is 9.66. The number of phenolic OH excluding ortho intramolecular Hbond substituents is 1. The highest BCUT2D eigenvalue weighted by Crippen LogP contribution is 2.25. The van der Waals surface area contributed by atoms with Gasteiger partial charge >= 0.3 is 0 Å². The van der Waals surface area contributed by atoms with Gasteiger partial charge in [0.15, 0.2) is 0 Å². The van der Waals surface area contributed by atoms with E-state index in [1.165, 1.54) is 0 Å². The minimum absolute atomic E-state index is 0.169. The van der Waals surface area contributed by atoms with Gasteiger partial charge in [0, 0.05) is 6.21 Å². The van der Waals surface area contributed by atoms with Crippen LogP contribution in [-0.2, 0) is 0 Å². The Bertz CT molecular complexity index is 765. The SMILES string of the molecule is Oc1ccccc1N=Cc1ccc(Oc2ccccc2)cc1. The van der Waals surface area contributed by atoms with Crippen LogP contribution in [0.4, 0.5) is 5.69 Å². The van der Waals surface area contributed by atoms with E-state index in [0.717, 1.165) is 17.1 Å². The number of para-hydroxylation sites is 3. The molecule has 3 heteroatoms. The predicted molar refractivity (Wildman–Crippen MR) is 88.3 cm³/mol. The monoisotopic (exact) mass is 289 g/mol. The van der Waals surface area contributed by atoms with Crippen molar-refractivity contribution in [1.82, 2.24) is 0 Å². The third-order valence-corrected chi connectivity index (χ3v) is 3.09. The van der Waals surface area contributed by atoms with Crippen molar-refractivity contribution in [2.75, 3.05) is 0 Å². The third kappa shape index (κ3) is 3.52. The Labute approximate surface area is 129 Å². The molecule has 0 aliphatic carbocycles. The van der Waals surface area contributed by atoms with Crippen molar-refractivity contribution in [3.05, 3.63) is 84.4 Å². The Morgan fingerprint density at radius 1 is 0.727 bits per heavy atom. The molecule has 0 atom stereocenters. The molecule has 3 aromatic rings. The number of rotatable bonds is 4. The van der Waals surface area contributed by atoms with E-state index in [-0.39, 0.29) is 5.75 Å². The second-order valence-corrected chi connectivity index (χ2v) is 4.73. The number of aromatic hydroxyl groups is 1. The molecule has 0 aromatic heterocycles. The van der Waals surface area contributed by atoms with Gasteiger partial charge in [-0.25, -0.2) is 0 Å². The van der Waals surface area contributed by atoms with Crippen LogP contribution in [0.25, 0.3) is 0 Å². The highest BCUT2D eigenvalue weighted by molar-refractivity contribution is 5.82. The van der Waals surface area contributed by atoms with Crippen molar-refractivity contribution in [2.45, 2.75) is 0 Å². The number of aliphatic imine (C=N–C) groups is 1. The molecule has 1 N–H and O–H groups in total. The topological polar surface area (TPSA) is 41.8 Å². The molecule has 108 valence electrons.